The van der Waals surface area contributed by atoms with Gasteiger partial charge in [0.25, 0.3) is 11.8 Å². The van der Waals surface area contributed by atoms with Gasteiger partial charge < -0.3 is 25.3 Å². The Morgan fingerprint density at radius 2 is 1.70 bits per heavy atom. The number of carboxylic acid groups (broad SMARTS) is 2. The Balaban J connectivity index is 1.90. The lowest BCUT2D eigenvalue weighted by Gasteiger charge is -2.42. The largest absolute Gasteiger partial charge is 0.481 e. The maximum Gasteiger partial charge on any atom is 0.309 e. The molecule has 1 aliphatic heterocycles. The van der Waals surface area contributed by atoms with Gasteiger partial charge in [0, 0.05) is 32.0 Å². The molecular formula is C25H31Cl2N3O7. The molecule has 3 rings (SSSR count). The zero-order chi connectivity index (χ0) is 27.7. The summed E-state index contributed by atoms with van der Waals surface area (Å²) >= 11 is 12.5. The van der Waals surface area contributed by atoms with E-state index in [9.17, 15) is 29.1 Å². The predicted molar refractivity (Wildman–Crippen MR) is 135 cm³/mol. The van der Waals surface area contributed by atoms with Gasteiger partial charge >= 0.3 is 11.9 Å². The molecule has 1 aliphatic carbocycles. The van der Waals surface area contributed by atoms with E-state index >= 15 is 0 Å². The minimum absolute atomic E-state index is 0.00291. The van der Waals surface area contributed by atoms with Crippen LogP contribution in [0.1, 0.15) is 56.8 Å². The van der Waals surface area contributed by atoms with Crippen molar-refractivity contribution >= 4 is 52.9 Å². The number of benzene rings is 1. The maximum absolute atomic E-state index is 13.5. The molecule has 2 aliphatic rings. The second kappa shape index (κ2) is 10.9. The van der Waals surface area contributed by atoms with Crippen molar-refractivity contribution in [2.24, 2.45) is 16.7 Å². The van der Waals surface area contributed by atoms with Crippen molar-refractivity contribution in [3.63, 3.8) is 0 Å². The number of piperazine rings is 1. The van der Waals surface area contributed by atoms with Crippen molar-refractivity contribution in [3.8, 4) is 0 Å². The first-order valence-corrected chi connectivity index (χ1v) is 12.8. The molecule has 0 bridgehead atoms. The van der Waals surface area contributed by atoms with Crippen LogP contribution in [0.3, 0.4) is 0 Å². The highest BCUT2D eigenvalue weighted by atomic mass is 35.5. The average Bonchev–Trinajstić information content (AvgIpc) is 3.05. The molecule has 1 aromatic rings. The number of nitrogens with one attached hydrogen (secondary N) is 1. The lowest BCUT2D eigenvalue weighted by molar-refractivity contribution is -0.156. The van der Waals surface area contributed by atoms with Crippen LogP contribution in [0.2, 0.25) is 10.0 Å². The maximum atomic E-state index is 13.5. The molecule has 2 fully saturated rings. The first-order chi connectivity index (χ1) is 17.2. The summed E-state index contributed by atoms with van der Waals surface area (Å²) in [4.78, 5) is 66.0. The second-order valence-corrected chi connectivity index (χ2v) is 11.1. The van der Waals surface area contributed by atoms with E-state index in [1.165, 1.54) is 21.9 Å². The van der Waals surface area contributed by atoms with Crippen LogP contribution in [0.25, 0.3) is 0 Å². The van der Waals surface area contributed by atoms with Gasteiger partial charge in [0.05, 0.1) is 21.0 Å². The highest BCUT2D eigenvalue weighted by Crippen LogP contribution is 2.56. The van der Waals surface area contributed by atoms with Crippen molar-refractivity contribution in [1.29, 1.82) is 0 Å². The number of hydrogen-bond acceptors (Lipinski definition) is 5. The quantitative estimate of drug-likeness (QED) is 0.446. The molecule has 1 saturated carbocycles. The highest BCUT2D eigenvalue weighted by Gasteiger charge is 2.58. The molecule has 202 valence electrons. The number of nitrogens with zero attached hydrogens (tertiary/aromatic N) is 2. The van der Waals surface area contributed by atoms with Gasteiger partial charge in [0.2, 0.25) is 5.91 Å². The number of carboxylic acids is 2. The Labute approximate surface area is 224 Å². The standard InChI is InChI=1S/C25H31Cl2N3O7/c1-24(2)14(9-10-25(24,3)23(36)37)20(33)28-19-22(35)29(11-5-8-17(31)32)12-13-30(19)21(34)18-15(26)6-4-7-16(18)27/h4,6-7,14,19H,5,8-13H2,1-3H3,(H,28,33)(H,31,32)(H,36,37)/t14?,19-,25?/m1/s1. The lowest BCUT2D eigenvalue weighted by atomic mass is 9.65. The monoisotopic (exact) mass is 555 g/mol. The Morgan fingerprint density at radius 1 is 1.08 bits per heavy atom. The SMILES string of the molecule is CC1(C(=O)O)CCC(C(=O)N[C@H]2C(=O)N(CCCC(=O)O)CCN2C(=O)c2c(Cl)cccc2Cl)C1(C)C. The summed E-state index contributed by atoms with van der Waals surface area (Å²) in [5, 5.41) is 21.6. The van der Waals surface area contributed by atoms with Crippen LogP contribution in [0.4, 0.5) is 0 Å². The molecule has 0 aromatic heterocycles. The molecule has 3 atom stereocenters. The normalized spacial score (nSPS) is 25.2. The molecule has 3 N–H and O–H groups in total. The van der Waals surface area contributed by atoms with E-state index in [1.807, 2.05) is 0 Å². The molecule has 1 saturated heterocycles. The fourth-order valence-electron chi connectivity index (χ4n) is 5.20. The summed E-state index contributed by atoms with van der Waals surface area (Å²) in [5.41, 5.74) is -2.07. The second-order valence-electron chi connectivity index (χ2n) is 10.3. The number of halogens is 2. The zero-order valence-electron chi connectivity index (χ0n) is 20.9. The smallest absolute Gasteiger partial charge is 0.309 e. The van der Waals surface area contributed by atoms with Gasteiger partial charge in [-0.1, -0.05) is 43.1 Å². The van der Waals surface area contributed by atoms with Crippen LogP contribution < -0.4 is 5.32 Å². The summed E-state index contributed by atoms with van der Waals surface area (Å²) in [7, 11) is 0. The summed E-state index contributed by atoms with van der Waals surface area (Å²) in [5.74, 6) is -4.46. The molecular weight excluding hydrogens is 525 g/mol. The minimum Gasteiger partial charge on any atom is -0.481 e. The van der Waals surface area contributed by atoms with Crippen LogP contribution in [0.15, 0.2) is 18.2 Å². The Hall–Kier alpha value is -2.85. The number of carbonyl (C=O) groups excluding carboxylic acids is 3. The molecule has 10 nitrogen and oxygen atoms in total. The number of rotatable bonds is 8. The van der Waals surface area contributed by atoms with Crippen molar-refractivity contribution in [1.82, 2.24) is 15.1 Å². The first-order valence-electron chi connectivity index (χ1n) is 12.0. The minimum atomic E-state index is -1.39. The van der Waals surface area contributed by atoms with Gasteiger partial charge in [-0.15, -0.1) is 0 Å². The van der Waals surface area contributed by atoms with Crippen molar-refractivity contribution in [2.75, 3.05) is 19.6 Å². The van der Waals surface area contributed by atoms with E-state index in [0.29, 0.717) is 6.42 Å². The van der Waals surface area contributed by atoms with Crippen LogP contribution >= 0.6 is 23.2 Å². The van der Waals surface area contributed by atoms with E-state index < -0.39 is 52.6 Å². The Kier molecular flexibility index (Phi) is 8.44. The fourth-order valence-corrected chi connectivity index (χ4v) is 5.76. The number of carbonyl (C=O) groups is 5. The molecule has 0 spiro atoms. The molecule has 12 heteroatoms. The summed E-state index contributed by atoms with van der Waals surface area (Å²) in [6.45, 7) is 5.35. The van der Waals surface area contributed by atoms with E-state index in [-0.39, 0.29) is 54.5 Å². The fraction of sp³-hybridized carbons (Fsp3) is 0.560. The molecule has 2 unspecified atom stereocenters. The number of aliphatic carboxylic acids is 2. The van der Waals surface area contributed by atoms with Crippen LogP contribution in [0.5, 0.6) is 0 Å². The molecule has 37 heavy (non-hydrogen) atoms. The van der Waals surface area contributed by atoms with Gasteiger partial charge in [0.1, 0.15) is 0 Å². The van der Waals surface area contributed by atoms with Gasteiger partial charge in [-0.3, -0.25) is 24.0 Å². The molecule has 1 aromatic carbocycles. The van der Waals surface area contributed by atoms with Crippen LogP contribution in [-0.2, 0) is 19.2 Å². The van der Waals surface area contributed by atoms with E-state index in [1.54, 1.807) is 26.8 Å². The number of amides is 3. The zero-order valence-corrected chi connectivity index (χ0v) is 22.4. The van der Waals surface area contributed by atoms with Crippen molar-refractivity contribution in [3.05, 3.63) is 33.8 Å². The van der Waals surface area contributed by atoms with Crippen molar-refractivity contribution < 1.29 is 34.2 Å². The molecule has 3 amide bonds. The topological polar surface area (TPSA) is 144 Å². The summed E-state index contributed by atoms with van der Waals surface area (Å²) in [6.07, 6.45) is -0.736. The highest BCUT2D eigenvalue weighted by molar-refractivity contribution is 6.39. The lowest BCUT2D eigenvalue weighted by Crippen LogP contribution is -2.65. The molecule has 1 heterocycles. The summed E-state index contributed by atoms with van der Waals surface area (Å²) < 4.78 is 0. The third-order valence-corrected chi connectivity index (χ3v) is 8.65. The third-order valence-electron chi connectivity index (χ3n) is 8.02. The van der Waals surface area contributed by atoms with Gasteiger partial charge in [-0.2, -0.15) is 0 Å². The van der Waals surface area contributed by atoms with Gasteiger partial charge in [-0.05, 0) is 43.7 Å². The Bertz CT molecular complexity index is 1110. The van der Waals surface area contributed by atoms with E-state index in [0.717, 1.165) is 0 Å². The average molecular weight is 556 g/mol. The number of hydrogen-bond donors (Lipinski definition) is 3. The van der Waals surface area contributed by atoms with E-state index in [4.69, 9.17) is 28.3 Å². The molecule has 0 radical (unpaired) electrons. The van der Waals surface area contributed by atoms with E-state index in [2.05, 4.69) is 5.32 Å². The van der Waals surface area contributed by atoms with Crippen LogP contribution in [0, 0.1) is 16.7 Å². The van der Waals surface area contributed by atoms with Gasteiger partial charge in [-0.25, -0.2) is 0 Å². The van der Waals surface area contributed by atoms with Gasteiger partial charge in [0.15, 0.2) is 6.17 Å². The third kappa shape index (κ3) is 5.40. The first kappa shape index (κ1) is 28.7. The van der Waals surface area contributed by atoms with Crippen LogP contribution in [-0.4, -0.2) is 75.5 Å². The summed E-state index contributed by atoms with van der Waals surface area (Å²) in [6, 6.07) is 4.56. The Morgan fingerprint density at radius 3 is 2.24 bits per heavy atom. The van der Waals surface area contributed by atoms with Crippen molar-refractivity contribution in [2.45, 2.75) is 52.6 Å². The predicted octanol–water partition coefficient (Wildman–Crippen LogP) is 3.11.